The molecule has 0 aliphatic heterocycles. The minimum atomic E-state index is -0.701. The highest BCUT2D eigenvalue weighted by atomic mass is 16.4. The Kier molecular flexibility index (Phi) is 7.61. The van der Waals surface area contributed by atoms with E-state index in [2.05, 4.69) is 19.6 Å². The van der Waals surface area contributed by atoms with Crippen molar-refractivity contribution in [2.24, 2.45) is 5.92 Å². The predicted octanol–water partition coefficient (Wildman–Crippen LogP) is 4.18. The van der Waals surface area contributed by atoms with Crippen molar-refractivity contribution in [3.8, 4) is 0 Å². The van der Waals surface area contributed by atoms with Crippen molar-refractivity contribution < 1.29 is 9.90 Å². The summed E-state index contributed by atoms with van der Waals surface area (Å²) in [4.78, 5) is 10.6. The molecule has 1 unspecified atom stereocenters. The molecule has 92 valence electrons. The van der Waals surface area contributed by atoms with E-state index < -0.39 is 5.97 Å². The summed E-state index contributed by atoms with van der Waals surface area (Å²) < 4.78 is 0. The van der Waals surface area contributed by atoms with Crippen molar-refractivity contribution in [2.45, 2.75) is 52.9 Å². The number of carbonyl (C=O) groups is 1. The van der Waals surface area contributed by atoms with Gasteiger partial charge in [0, 0.05) is 0 Å². The summed E-state index contributed by atoms with van der Waals surface area (Å²) in [5.74, 6) is -0.937. The van der Waals surface area contributed by atoms with Crippen LogP contribution in [0.4, 0.5) is 0 Å². The first-order chi connectivity index (χ1) is 7.43. The van der Waals surface area contributed by atoms with E-state index in [4.69, 9.17) is 5.11 Å². The number of hydrogen-bond donors (Lipinski definition) is 1. The lowest BCUT2D eigenvalue weighted by atomic mass is 10.0. The van der Waals surface area contributed by atoms with Gasteiger partial charge in [-0.15, -0.1) is 6.58 Å². The Bertz CT molecular complexity index is 264. The molecule has 0 radical (unpaired) electrons. The number of rotatable bonds is 8. The fourth-order valence-corrected chi connectivity index (χ4v) is 1.47. The zero-order chi connectivity index (χ0) is 12.6. The van der Waals surface area contributed by atoms with Crippen LogP contribution in [0, 0.1) is 5.92 Å². The molecule has 2 nitrogen and oxygen atoms in total. The van der Waals surface area contributed by atoms with Crippen LogP contribution in [0.5, 0.6) is 0 Å². The van der Waals surface area contributed by atoms with Crippen LogP contribution in [0.15, 0.2) is 23.8 Å². The van der Waals surface area contributed by atoms with Gasteiger partial charge in [0.25, 0.3) is 0 Å². The highest BCUT2D eigenvalue weighted by Crippen LogP contribution is 2.13. The lowest BCUT2D eigenvalue weighted by Crippen LogP contribution is -2.08. The zero-order valence-electron chi connectivity index (χ0n) is 10.8. The van der Waals surface area contributed by atoms with Crippen molar-refractivity contribution in [3.63, 3.8) is 0 Å². The van der Waals surface area contributed by atoms with Gasteiger partial charge in [-0.3, -0.25) is 4.79 Å². The maximum atomic E-state index is 10.6. The van der Waals surface area contributed by atoms with Gasteiger partial charge in [0.15, 0.2) is 0 Å². The first-order valence-corrected chi connectivity index (χ1v) is 5.96. The molecule has 1 atom stereocenters. The Morgan fingerprint density at radius 3 is 2.50 bits per heavy atom. The molecular weight excluding hydrogens is 200 g/mol. The maximum absolute atomic E-state index is 10.6. The fraction of sp³-hybridized carbons (Fsp3) is 0.643. The molecule has 0 saturated carbocycles. The second kappa shape index (κ2) is 8.14. The molecule has 0 aromatic carbocycles. The topological polar surface area (TPSA) is 37.3 Å². The minimum absolute atomic E-state index is 0.237. The lowest BCUT2D eigenvalue weighted by Gasteiger charge is -2.04. The Morgan fingerprint density at radius 1 is 1.38 bits per heavy atom. The van der Waals surface area contributed by atoms with Gasteiger partial charge in [-0.05, 0) is 46.0 Å². The number of hydrogen-bond acceptors (Lipinski definition) is 1. The molecular formula is C14H24O2. The van der Waals surface area contributed by atoms with Crippen LogP contribution in [0.2, 0.25) is 0 Å². The van der Waals surface area contributed by atoms with Crippen LogP contribution in [-0.4, -0.2) is 11.1 Å². The highest BCUT2D eigenvalue weighted by Gasteiger charge is 2.08. The van der Waals surface area contributed by atoms with Crippen molar-refractivity contribution in [3.05, 3.63) is 23.8 Å². The van der Waals surface area contributed by atoms with E-state index in [1.54, 1.807) is 6.92 Å². The van der Waals surface area contributed by atoms with Gasteiger partial charge in [-0.1, -0.05) is 24.1 Å². The third-order valence-corrected chi connectivity index (χ3v) is 2.69. The van der Waals surface area contributed by atoms with E-state index >= 15 is 0 Å². The summed E-state index contributed by atoms with van der Waals surface area (Å²) in [6.45, 7) is 9.79. The Morgan fingerprint density at radius 2 is 2.00 bits per heavy atom. The number of carboxylic acids is 1. The predicted molar refractivity (Wildman–Crippen MR) is 68.5 cm³/mol. The fourth-order valence-electron chi connectivity index (χ4n) is 1.47. The summed E-state index contributed by atoms with van der Waals surface area (Å²) in [5.41, 5.74) is 2.59. The van der Waals surface area contributed by atoms with Gasteiger partial charge in [-0.2, -0.15) is 0 Å². The molecule has 0 spiro atoms. The third kappa shape index (κ3) is 8.27. The Balaban J connectivity index is 3.70. The smallest absolute Gasteiger partial charge is 0.306 e. The molecule has 0 rings (SSSR count). The molecule has 0 heterocycles. The van der Waals surface area contributed by atoms with Gasteiger partial charge < -0.3 is 5.11 Å². The average Bonchev–Trinajstić information content (AvgIpc) is 2.16. The number of allylic oxidation sites excluding steroid dienone is 3. The van der Waals surface area contributed by atoms with Crippen LogP contribution in [0.1, 0.15) is 52.9 Å². The van der Waals surface area contributed by atoms with E-state index in [0.29, 0.717) is 0 Å². The SMILES string of the molecule is C=C(C)CCC/C(C)=C/CCC(C)C(=O)O. The summed E-state index contributed by atoms with van der Waals surface area (Å²) in [6, 6.07) is 0. The van der Waals surface area contributed by atoms with Crippen molar-refractivity contribution in [1.29, 1.82) is 0 Å². The van der Waals surface area contributed by atoms with Crippen LogP contribution in [-0.2, 0) is 4.79 Å². The van der Waals surface area contributed by atoms with E-state index in [1.807, 2.05) is 6.92 Å². The largest absolute Gasteiger partial charge is 0.481 e. The third-order valence-electron chi connectivity index (χ3n) is 2.69. The van der Waals surface area contributed by atoms with Gasteiger partial charge in [0.05, 0.1) is 5.92 Å². The average molecular weight is 224 g/mol. The van der Waals surface area contributed by atoms with Gasteiger partial charge in [0.1, 0.15) is 0 Å². The number of aliphatic carboxylic acids is 1. The molecule has 0 saturated heterocycles. The molecule has 0 bridgehead atoms. The first kappa shape index (κ1) is 14.9. The van der Waals surface area contributed by atoms with Crippen molar-refractivity contribution in [2.75, 3.05) is 0 Å². The summed E-state index contributed by atoms with van der Waals surface area (Å²) >= 11 is 0. The van der Waals surface area contributed by atoms with E-state index in [1.165, 1.54) is 11.1 Å². The Labute approximate surface area is 99.1 Å². The van der Waals surface area contributed by atoms with Crippen molar-refractivity contribution in [1.82, 2.24) is 0 Å². The van der Waals surface area contributed by atoms with Gasteiger partial charge >= 0.3 is 5.97 Å². The summed E-state index contributed by atoms with van der Waals surface area (Å²) in [5, 5.41) is 8.72. The van der Waals surface area contributed by atoms with Crippen LogP contribution in [0.25, 0.3) is 0 Å². The van der Waals surface area contributed by atoms with E-state index in [0.717, 1.165) is 32.1 Å². The van der Waals surface area contributed by atoms with E-state index in [9.17, 15) is 4.79 Å². The lowest BCUT2D eigenvalue weighted by molar-refractivity contribution is -0.141. The monoisotopic (exact) mass is 224 g/mol. The van der Waals surface area contributed by atoms with Crippen LogP contribution in [0.3, 0.4) is 0 Å². The van der Waals surface area contributed by atoms with E-state index in [-0.39, 0.29) is 5.92 Å². The molecule has 0 aromatic heterocycles. The molecule has 2 heteroatoms. The summed E-state index contributed by atoms with van der Waals surface area (Å²) in [6.07, 6.45) is 7.08. The van der Waals surface area contributed by atoms with Gasteiger partial charge in [0.2, 0.25) is 0 Å². The standard InChI is InChI=1S/C14H24O2/c1-11(2)7-5-8-12(3)9-6-10-13(4)14(15)16/h9,13H,1,5-8,10H2,2-4H3,(H,15,16)/b12-9+. The molecule has 0 aliphatic rings. The molecule has 0 fully saturated rings. The molecule has 16 heavy (non-hydrogen) atoms. The highest BCUT2D eigenvalue weighted by molar-refractivity contribution is 5.69. The quantitative estimate of drug-likeness (QED) is 0.628. The first-order valence-electron chi connectivity index (χ1n) is 5.96. The van der Waals surface area contributed by atoms with Crippen LogP contribution >= 0.6 is 0 Å². The van der Waals surface area contributed by atoms with Gasteiger partial charge in [-0.25, -0.2) is 0 Å². The molecule has 0 aromatic rings. The Hall–Kier alpha value is -1.05. The number of carboxylic acid groups (broad SMARTS) is 1. The second-order valence-corrected chi connectivity index (χ2v) is 4.68. The minimum Gasteiger partial charge on any atom is -0.481 e. The second-order valence-electron chi connectivity index (χ2n) is 4.68. The zero-order valence-corrected chi connectivity index (χ0v) is 10.8. The van der Waals surface area contributed by atoms with Crippen molar-refractivity contribution >= 4 is 5.97 Å². The molecule has 1 N–H and O–H groups in total. The molecule has 0 amide bonds. The van der Waals surface area contributed by atoms with Crippen LogP contribution < -0.4 is 0 Å². The molecule has 0 aliphatic carbocycles. The normalized spacial score (nSPS) is 13.6. The summed E-state index contributed by atoms with van der Waals surface area (Å²) in [7, 11) is 0. The maximum Gasteiger partial charge on any atom is 0.306 e.